The lowest BCUT2D eigenvalue weighted by Crippen LogP contribution is -2.40. The number of aryl methyl sites for hydroxylation is 1. The molecular weight excluding hydrogens is 502 g/mol. The Bertz CT molecular complexity index is 1100. The molecule has 0 aliphatic heterocycles. The number of Topliss-reactive ketones (excluding diaryl/α,β-unsaturated/α-hetero) is 1. The molecule has 0 fully saturated rings. The predicted molar refractivity (Wildman–Crippen MR) is 166 cm³/mol. The van der Waals surface area contributed by atoms with E-state index in [2.05, 4.69) is 24.5 Å². The van der Waals surface area contributed by atoms with E-state index < -0.39 is 6.04 Å². The van der Waals surface area contributed by atoms with E-state index in [-0.39, 0.29) is 17.8 Å². The lowest BCUT2D eigenvalue weighted by Gasteiger charge is -2.17. The van der Waals surface area contributed by atoms with Crippen molar-refractivity contribution in [2.24, 2.45) is 0 Å². The standard InChI is InChI=1S/C22H27NO3.C9H11NO.C2H6.H3N/c1-3-5-7-12-20(21(24)4-2)23-22(25)17-13-15-19(16-14-17)26-18-10-8-6-9-11-18;1-2-8-4-3-5-9(6-8)10-7-11;1-2;/h6,8-11,13-16,20H,3-5,7,12H2,1-2H3,(H,23,25);3-7H,2H2,1H3,(H,10,11);1-2H3;1H3. The van der Waals surface area contributed by atoms with E-state index in [1.807, 2.05) is 75.4 Å². The summed E-state index contributed by atoms with van der Waals surface area (Å²) >= 11 is 0. The van der Waals surface area contributed by atoms with Gasteiger partial charge in [0.15, 0.2) is 5.78 Å². The van der Waals surface area contributed by atoms with Crippen LogP contribution in [0.1, 0.15) is 82.6 Å². The van der Waals surface area contributed by atoms with Crippen LogP contribution in [0, 0.1) is 0 Å². The van der Waals surface area contributed by atoms with Crippen LogP contribution < -0.4 is 21.5 Å². The molecule has 40 heavy (non-hydrogen) atoms. The number of hydrogen-bond acceptors (Lipinski definition) is 5. The first-order valence-electron chi connectivity index (χ1n) is 14.0. The van der Waals surface area contributed by atoms with Crippen molar-refractivity contribution >= 4 is 23.8 Å². The monoisotopic (exact) mass is 549 g/mol. The van der Waals surface area contributed by atoms with Crippen LogP contribution in [-0.4, -0.2) is 24.1 Å². The Morgan fingerprint density at radius 2 is 1.50 bits per heavy atom. The van der Waals surface area contributed by atoms with Crippen molar-refractivity contribution in [3.05, 3.63) is 90.0 Å². The van der Waals surface area contributed by atoms with Crippen molar-refractivity contribution in [2.75, 3.05) is 5.32 Å². The average Bonchev–Trinajstić information content (AvgIpc) is 2.99. The predicted octanol–water partition coefficient (Wildman–Crippen LogP) is 8.14. The highest BCUT2D eigenvalue weighted by molar-refractivity contribution is 5.98. The van der Waals surface area contributed by atoms with Crippen LogP contribution in [0.15, 0.2) is 78.9 Å². The first-order chi connectivity index (χ1) is 19.0. The third-order valence-electron chi connectivity index (χ3n) is 5.80. The number of benzene rings is 3. The van der Waals surface area contributed by atoms with Crippen LogP contribution in [0.2, 0.25) is 0 Å². The van der Waals surface area contributed by atoms with E-state index in [4.69, 9.17) is 4.74 Å². The second-order valence-electron chi connectivity index (χ2n) is 8.60. The number of hydrogen-bond donors (Lipinski definition) is 3. The molecule has 3 rings (SSSR count). The maximum Gasteiger partial charge on any atom is 0.251 e. The van der Waals surface area contributed by atoms with Crippen molar-refractivity contribution in [2.45, 2.75) is 79.2 Å². The summed E-state index contributed by atoms with van der Waals surface area (Å²) in [6.45, 7) is 10.0. The topological polar surface area (TPSA) is 120 Å². The van der Waals surface area contributed by atoms with E-state index in [1.54, 1.807) is 24.3 Å². The van der Waals surface area contributed by atoms with Gasteiger partial charge in [-0.15, -0.1) is 0 Å². The minimum atomic E-state index is -0.403. The Morgan fingerprint density at radius 1 is 0.850 bits per heavy atom. The van der Waals surface area contributed by atoms with Gasteiger partial charge in [0.2, 0.25) is 6.41 Å². The van der Waals surface area contributed by atoms with Crippen LogP contribution in [0.4, 0.5) is 5.69 Å². The number of amides is 2. The fourth-order valence-electron chi connectivity index (χ4n) is 3.65. The Kier molecular flexibility index (Phi) is 19.7. The molecule has 0 heterocycles. The van der Waals surface area contributed by atoms with Crippen LogP contribution in [0.5, 0.6) is 11.5 Å². The van der Waals surface area contributed by atoms with E-state index in [0.717, 1.165) is 37.1 Å². The fourth-order valence-corrected chi connectivity index (χ4v) is 3.65. The normalized spacial score (nSPS) is 10.2. The molecule has 5 N–H and O–H groups in total. The molecule has 3 aromatic rings. The van der Waals surface area contributed by atoms with Gasteiger partial charge < -0.3 is 21.5 Å². The number of ketones is 1. The third-order valence-corrected chi connectivity index (χ3v) is 5.80. The zero-order chi connectivity index (χ0) is 28.9. The molecule has 0 spiro atoms. The van der Waals surface area contributed by atoms with Gasteiger partial charge in [0.05, 0.1) is 6.04 Å². The lowest BCUT2D eigenvalue weighted by atomic mass is 10.0. The SMILES string of the molecule is CC.CCCCCC(NC(=O)c1ccc(Oc2ccccc2)cc1)C(=O)CC.CCc1cccc(NC=O)c1.N. The van der Waals surface area contributed by atoms with Crippen LogP contribution in [0.25, 0.3) is 0 Å². The molecule has 1 unspecified atom stereocenters. The number of unbranched alkanes of at least 4 members (excludes halogenated alkanes) is 2. The summed E-state index contributed by atoms with van der Waals surface area (Å²) < 4.78 is 5.73. The largest absolute Gasteiger partial charge is 0.457 e. The first kappa shape index (κ1) is 36.0. The second kappa shape index (κ2) is 21.9. The fraction of sp³-hybridized carbons (Fsp3) is 0.364. The summed E-state index contributed by atoms with van der Waals surface area (Å²) in [5.74, 6) is 1.27. The maximum atomic E-state index is 12.5. The zero-order valence-corrected chi connectivity index (χ0v) is 24.7. The van der Waals surface area contributed by atoms with Gasteiger partial charge in [0.25, 0.3) is 5.91 Å². The Labute approximate surface area is 240 Å². The third kappa shape index (κ3) is 13.7. The molecule has 7 nitrogen and oxygen atoms in total. The first-order valence-corrected chi connectivity index (χ1v) is 14.0. The van der Waals surface area contributed by atoms with Gasteiger partial charge in [-0.3, -0.25) is 14.4 Å². The highest BCUT2D eigenvalue weighted by Gasteiger charge is 2.19. The molecule has 1 atom stereocenters. The van der Waals surface area contributed by atoms with E-state index in [0.29, 0.717) is 30.6 Å². The molecule has 0 aromatic heterocycles. The molecule has 0 bridgehead atoms. The zero-order valence-electron chi connectivity index (χ0n) is 24.7. The number of nitrogens with one attached hydrogen (secondary N) is 2. The Hall–Kier alpha value is -3.97. The molecule has 0 saturated carbocycles. The van der Waals surface area contributed by atoms with Crippen molar-refractivity contribution in [3.8, 4) is 11.5 Å². The van der Waals surface area contributed by atoms with Crippen LogP contribution in [0.3, 0.4) is 0 Å². The number of ether oxygens (including phenoxy) is 1. The molecule has 218 valence electrons. The van der Waals surface area contributed by atoms with Gasteiger partial charge in [-0.1, -0.05) is 84.2 Å². The van der Waals surface area contributed by atoms with Gasteiger partial charge in [-0.25, -0.2) is 0 Å². The van der Waals surface area contributed by atoms with E-state index in [1.165, 1.54) is 5.56 Å². The van der Waals surface area contributed by atoms with Gasteiger partial charge >= 0.3 is 0 Å². The molecule has 7 heteroatoms. The van der Waals surface area contributed by atoms with Gasteiger partial charge in [0, 0.05) is 17.7 Å². The molecule has 0 aliphatic carbocycles. The molecule has 0 aliphatic rings. The quantitative estimate of drug-likeness (QED) is 0.147. The lowest BCUT2D eigenvalue weighted by molar-refractivity contribution is -0.120. The summed E-state index contributed by atoms with van der Waals surface area (Å²) in [4.78, 5) is 34.6. The van der Waals surface area contributed by atoms with Crippen molar-refractivity contribution < 1.29 is 19.1 Å². The second-order valence-corrected chi connectivity index (χ2v) is 8.60. The van der Waals surface area contributed by atoms with Gasteiger partial charge in [0.1, 0.15) is 11.5 Å². The van der Waals surface area contributed by atoms with E-state index >= 15 is 0 Å². The van der Waals surface area contributed by atoms with Crippen LogP contribution in [-0.2, 0) is 16.0 Å². The Morgan fingerprint density at radius 3 is 2.08 bits per heavy atom. The van der Waals surface area contributed by atoms with Crippen LogP contribution >= 0.6 is 0 Å². The summed E-state index contributed by atoms with van der Waals surface area (Å²) in [5, 5.41) is 5.48. The van der Waals surface area contributed by atoms with Crippen molar-refractivity contribution in [3.63, 3.8) is 0 Å². The summed E-state index contributed by atoms with van der Waals surface area (Å²) in [6.07, 6.45) is 5.90. The average molecular weight is 550 g/mol. The summed E-state index contributed by atoms with van der Waals surface area (Å²) in [7, 11) is 0. The number of rotatable bonds is 13. The van der Waals surface area contributed by atoms with Gasteiger partial charge in [-0.2, -0.15) is 0 Å². The summed E-state index contributed by atoms with van der Waals surface area (Å²) in [6, 6.07) is 23.8. The molecule has 3 aromatic carbocycles. The minimum absolute atomic E-state index is 0. The molecular formula is C33H47N3O4. The highest BCUT2D eigenvalue weighted by atomic mass is 16.5. The molecule has 0 radical (unpaired) electrons. The number of anilines is 1. The maximum absolute atomic E-state index is 12.5. The Balaban J connectivity index is 0.000000910. The molecule has 0 saturated heterocycles. The molecule has 2 amide bonds. The van der Waals surface area contributed by atoms with Gasteiger partial charge in [-0.05, 0) is 66.9 Å². The highest BCUT2D eigenvalue weighted by Crippen LogP contribution is 2.21. The smallest absolute Gasteiger partial charge is 0.251 e. The van der Waals surface area contributed by atoms with Crippen molar-refractivity contribution in [1.29, 1.82) is 0 Å². The van der Waals surface area contributed by atoms with Crippen molar-refractivity contribution in [1.82, 2.24) is 11.5 Å². The summed E-state index contributed by atoms with van der Waals surface area (Å²) in [5.41, 5.74) is 2.62. The minimum Gasteiger partial charge on any atom is -0.457 e. The number of carbonyl (C=O) groups is 3. The van der Waals surface area contributed by atoms with E-state index in [9.17, 15) is 14.4 Å². The number of carbonyl (C=O) groups excluding carboxylic acids is 3. The number of para-hydroxylation sites is 1.